The minimum Gasteiger partial charge on any atom is -0.493 e. The van der Waals surface area contributed by atoms with Crippen LogP contribution in [0.5, 0.6) is 11.5 Å². The molecule has 4 heteroatoms. The second-order valence-electron chi connectivity index (χ2n) is 4.40. The summed E-state index contributed by atoms with van der Waals surface area (Å²) in [4.78, 5) is 0. The average molecular weight is 271 g/mol. The molecular weight excluding hydrogens is 257 g/mol. The summed E-state index contributed by atoms with van der Waals surface area (Å²) in [6.45, 7) is 0. The van der Waals surface area contributed by atoms with Crippen LogP contribution in [0.25, 0.3) is 16.6 Å². The summed E-state index contributed by atoms with van der Waals surface area (Å²) in [5.74, 6) is 0.883. The van der Waals surface area contributed by atoms with Gasteiger partial charge >= 0.3 is 0 Å². The van der Waals surface area contributed by atoms with Gasteiger partial charge in [-0.05, 0) is 18.2 Å². The highest BCUT2D eigenvalue weighted by Gasteiger charge is 2.12. The van der Waals surface area contributed by atoms with Gasteiger partial charge in [0.15, 0.2) is 17.4 Å². The fourth-order valence-electron chi connectivity index (χ4n) is 2.35. The summed E-state index contributed by atoms with van der Waals surface area (Å²) in [6.07, 6.45) is 0. The van der Waals surface area contributed by atoms with E-state index in [0.29, 0.717) is 17.2 Å². The van der Waals surface area contributed by atoms with Crippen LogP contribution in [0.1, 0.15) is 0 Å². The quantitative estimate of drug-likeness (QED) is 0.723. The molecule has 0 bridgehead atoms. The van der Waals surface area contributed by atoms with E-state index in [1.165, 1.54) is 6.07 Å². The first-order valence-corrected chi connectivity index (χ1v) is 6.23. The van der Waals surface area contributed by atoms with Crippen molar-refractivity contribution in [1.29, 1.82) is 0 Å². The molecule has 0 N–H and O–H groups in total. The van der Waals surface area contributed by atoms with Crippen LogP contribution in [-0.2, 0) is 0 Å². The van der Waals surface area contributed by atoms with Crippen molar-refractivity contribution < 1.29 is 13.9 Å². The van der Waals surface area contributed by atoms with Gasteiger partial charge < -0.3 is 9.47 Å². The van der Waals surface area contributed by atoms with Crippen LogP contribution < -0.4 is 9.47 Å². The molecule has 0 saturated carbocycles. The molecule has 102 valence electrons. The van der Waals surface area contributed by atoms with Gasteiger partial charge in [-0.2, -0.15) is 4.39 Å². The Hall–Kier alpha value is -2.49. The third kappa shape index (κ3) is 1.90. The molecule has 0 spiro atoms. The predicted octanol–water partition coefficient (Wildman–Crippen LogP) is 3.79. The molecule has 0 saturated heterocycles. The van der Waals surface area contributed by atoms with E-state index < -0.39 is 0 Å². The van der Waals surface area contributed by atoms with Gasteiger partial charge in [-0.25, -0.2) is 0 Å². The van der Waals surface area contributed by atoms with Gasteiger partial charge in [-0.15, -0.1) is 0 Å². The molecule has 0 aliphatic heterocycles. The lowest BCUT2D eigenvalue weighted by molar-refractivity contribution is 0.354. The lowest BCUT2D eigenvalue weighted by Gasteiger charge is -2.11. The maximum Gasteiger partial charge on any atom is 0.199 e. The zero-order chi connectivity index (χ0) is 14.1. The summed E-state index contributed by atoms with van der Waals surface area (Å²) >= 11 is 0. The van der Waals surface area contributed by atoms with Crippen molar-refractivity contribution in [3.8, 4) is 17.2 Å². The van der Waals surface area contributed by atoms with Crippen molar-refractivity contribution in [2.45, 2.75) is 0 Å². The summed E-state index contributed by atoms with van der Waals surface area (Å²) in [7, 11) is 3.13. The fourth-order valence-corrected chi connectivity index (χ4v) is 2.35. The largest absolute Gasteiger partial charge is 0.493 e. The Bertz CT molecular complexity index is 764. The standard InChI is InChI=1S/C16H14FNO2/c1-19-14-8-7-12(10-15(14)20-2)18-13-6-4-3-5-11(13)9-16(18)17/h3-10H,1-2H3. The minimum absolute atomic E-state index is 0.307. The first-order chi connectivity index (χ1) is 9.74. The van der Waals surface area contributed by atoms with E-state index in [2.05, 4.69) is 0 Å². The Morgan fingerprint density at radius 1 is 0.900 bits per heavy atom. The number of hydrogen-bond donors (Lipinski definition) is 0. The summed E-state index contributed by atoms with van der Waals surface area (Å²) < 4.78 is 26.2. The molecule has 3 aromatic rings. The molecule has 2 aromatic carbocycles. The normalized spacial score (nSPS) is 10.8. The van der Waals surface area contributed by atoms with E-state index in [1.807, 2.05) is 24.3 Å². The molecule has 0 unspecified atom stereocenters. The molecule has 20 heavy (non-hydrogen) atoms. The van der Waals surface area contributed by atoms with E-state index in [9.17, 15) is 4.39 Å². The smallest absolute Gasteiger partial charge is 0.199 e. The number of fused-ring (bicyclic) bond motifs is 1. The molecule has 0 aliphatic rings. The number of hydrogen-bond acceptors (Lipinski definition) is 2. The van der Waals surface area contributed by atoms with E-state index in [1.54, 1.807) is 37.0 Å². The van der Waals surface area contributed by atoms with Crippen LogP contribution in [-0.4, -0.2) is 18.8 Å². The fraction of sp³-hybridized carbons (Fsp3) is 0.125. The third-order valence-corrected chi connectivity index (χ3v) is 3.29. The number of nitrogens with zero attached hydrogens (tertiary/aromatic N) is 1. The van der Waals surface area contributed by atoms with Gasteiger partial charge in [-0.1, -0.05) is 18.2 Å². The monoisotopic (exact) mass is 271 g/mol. The second-order valence-corrected chi connectivity index (χ2v) is 4.40. The number of ether oxygens (including phenoxy) is 2. The van der Waals surface area contributed by atoms with E-state index in [0.717, 1.165) is 10.9 Å². The van der Waals surface area contributed by atoms with Crippen LogP contribution in [0.4, 0.5) is 4.39 Å². The number of benzene rings is 2. The first-order valence-electron chi connectivity index (χ1n) is 6.23. The molecule has 1 aromatic heterocycles. The average Bonchev–Trinajstić information content (AvgIpc) is 2.82. The predicted molar refractivity (Wildman–Crippen MR) is 76.3 cm³/mol. The van der Waals surface area contributed by atoms with E-state index in [-0.39, 0.29) is 5.95 Å². The van der Waals surface area contributed by atoms with Gasteiger partial charge in [0.25, 0.3) is 0 Å². The van der Waals surface area contributed by atoms with Crippen molar-refractivity contribution in [2.24, 2.45) is 0 Å². The zero-order valence-corrected chi connectivity index (χ0v) is 11.3. The van der Waals surface area contributed by atoms with Gasteiger partial charge in [0.1, 0.15) is 0 Å². The summed E-state index contributed by atoms with van der Waals surface area (Å²) in [5, 5.41) is 0.861. The van der Waals surface area contributed by atoms with Gasteiger partial charge in [0.2, 0.25) is 0 Å². The number of halogens is 1. The first kappa shape index (κ1) is 12.5. The number of rotatable bonds is 3. The van der Waals surface area contributed by atoms with Crippen molar-refractivity contribution in [3.63, 3.8) is 0 Å². The molecule has 0 fully saturated rings. The maximum absolute atomic E-state index is 14.2. The van der Waals surface area contributed by atoms with Crippen molar-refractivity contribution in [2.75, 3.05) is 14.2 Å². The minimum atomic E-state index is -0.307. The molecule has 0 radical (unpaired) electrons. The lowest BCUT2D eigenvalue weighted by Crippen LogP contribution is -1.99. The second kappa shape index (κ2) is 4.89. The molecular formula is C16H14FNO2. The summed E-state index contributed by atoms with van der Waals surface area (Å²) in [6, 6.07) is 14.4. The molecule has 3 nitrogen and oxygen atoms in total. The van der Waals surface area contributed by atoms with Gasteiger partial charge in [0, 0.05) is 17.5 Å². The number of para-hydroxylation sites is 1. The molecule has 3 rings (SSSR count). The van der Waals surface area contributed by atoms with Crippen molar-refractivity contribution >= 4 is 10.9 Å². The highest BCUT2D eigenvalue weighted by Crippen LogP contribution is 2.31. The Morgan fingerprint density at radius 3 is 2.40 bits per heavy atom. The Morgan fingerprint density at radius 2 is 1.65 bits per heavy atom. The molecule has 0 amide bonds. The van der Waals surface area contributed by atoms with Crippen LogP contribution in [0, 0.1) is 5.95 Å². The van der Waals surface area contributed by atoms with E-state index in [4.69, 9.17) is 9.47 Å². The Kier molecular flexibility index (Phi) is 3.06. The van der Waals surface area contributed by atoms with Crippen molar-refractivity contribution in [1.82, 2.24) is 4.57 Å². The number of methoxy groups -OCH3 is 2. The SMILES string of the molecule is COc1ccc(-n2c(F)cc3ccccc32)cc1OC. The van der Waals surface area contributed by atoms with Crippen LogP contribution in [0.2, 0.25) is 0 Å². The van der Waals surface area contributed by atoms with Crippen molar-refractivity contribution in [3.05, 3.63) is 54.5 Å². The highest BCUT2D eigenvalue weighted by molar-refractivity contribution is 5.82. The lowest BCUT2D eigenvalue weighted by atomic mass is 10.2. The van der Waals surface area contributed by atoms with E-state index >= 15 is 0 Å². The molecule has 0 atom stereocenters. The highest BCUT2D eigenvalue weighted by atomic mass is 19.1. The molecule has 0 aliphatic carbocycles. The van der Waals surface area contributed by atoms with Crippen LogP contribution in [0.15, 0.2) is 48.5 Å². The van der Waals surface area contributed by atoms with Crippen LogP contribution >= 0.6 is 0 Å². The topological polar surface area (TPSA) is 23.4 Å². The van der Waals surface area contributed by atoms with Crippen LogP contribution in [0.3, 0.4) is 0 Å². The zero-order valence-electron chi connectivity index (χ0n) is 11.3. The van der Waals surface area contributed by atoms with Gasteiger partial charge in [0.05, 0.1) is 25.4 Å². The maximum atomic E-state index is 14.2. The molecule has 1 heterocycles. The Labute approximate surface area is 116 Å². The third-order valence-electron chi connectivity index (χ3n) is 3.29. The summed E-state index contributed by atoms with van der Waals surface area (Å²) in [5.41, 5.74) is 1.51. The Balaban J connectivity index is 2.23. The number of aromatic nitrogens is 1. The van der Waals surface area contributed by atoms with Gasteiger partial charge in [-0.3, -0.25) is 4.57 Å².